The molecule has 0 N–H and O–H groups in total. The van der Waals surface area contributed by atoms with Crippen molar-refractivity contribution in [1.82, 2.24) is 0 Å². The number of fused-ring (bicyclic) bond motifs is 1. The fraction of sp³-hybridized carbons (Fsp3) is 0.118. The largest absolute Gasteiger partial charge is 0.455 e. The van der Waals surface area contributed by atoms with Gasteiger partial charge in [-0.15, -0.1) is 0 Å². The summed E-state index contributed by atoms with van der Waals surface area (Å²) in [5.74, 6) is 0.629. The molecule has 1 heterocycles. The maximum absolute atomic E-state index is 12.4. The van der Waals surface area contributed by atoms with E-state index in [1.807, 2.05) is 61.5 Å². The summed E-state index contributed by atoms with van der Waals surface area (Å²) in [6.45, 7) is 0. The lowest BCUT2D eigenvalue weighted by molar-refractivity contribution is 0.615. The van der Waals surface area contributed by atoms with Gasteiger partial charge in [0, 0.05) is 25.3 Å². The van der Waals surface area contributed by atoms with Crippen LogP contribution in [0.3, 0.4) is 0 Å². The van der Waals surface area contributed by atoms with Crippen molar-refractivity contribution in [3.05, 3.63) is 62.3 Å². The predicted molar refractivity (Wildman–Crippen MR) is 95.0 cm³/mol. The van der Waals surface area contributed by atoms with Crippen LogP contribution in [0, 0.1) is 3.57 Å². The summed E-state index contributed by atoms with van der Waals surface area (Å²) in [6, 6.07) is 15.3. The van der Waals surface area contributed by atoms with Gasteiger partial charge in [-0.1, -0.05) is 12.1 Å². The third-order valence-corrected chi connectivity index (χ3v) is 4.37. The molecule has 0 aliphatic heterocycles. The van der Waals surface area contributed by atoms with Gasteiger partial charge in [0.2, 0.25) is 5.43 Å². The maximum Gasteiger partial charge on any atom is 0.206 e. The highest BCUT2D eigenvalue weighted by Crippen LogP contribution is 2.28. The predicted octanol–water partition coefficient (Wildman–Crippen LogP) is 4.13. The molecule has 0 saturated carbocycles. The first-order valence-corrected chi connectivity index (χ1v) is 7.65. The highest BCUT2D eigenvalue weighted by atomic mass is 127. The number of halogens is 1. The van der Waals surface area contributed by atoms with E-state index in [-0.39, 0.29) is 5.43 Å². The Bertz CT molecular complexity index is 851. The monoisotopic (exact) mass is 391 g/mol. The Kier molecular flexibility index (Phi) is 3.71. The number of anilines is 1. The zero-order chi connectivity index (χ0) is 15.0. The van der Waals surface area contributed by atoms with E-state index in [4.69, 9.17) is 4.42 Å². The van der Waals surface area contributed by atoms with Crippen molar-refractivity contribution < 1.29 is 4.42 Å². The Morgan fingerprint density at radius 1 is 1.00 bits per heavy atom. The minimum atomic E-state index is 0.0177. The average Bonchev–Trinajstić information content (AvgIpc) is 2.51. The van der Waals surface area contributed by atoms with Crippen LogP contribution >= 0.6 is 22.6 Å². The molecule has 0 spiro atoms. The molecule has 0 fully saturated rings. The van der Waals surface area contributed by atoms with Crippen LogP contribution in [-0.2, 0) is 0 Å². The van der Waals surface area contributed by atoms with E-state index in [0.29, 0.717) is 20.3 Å². The third kappa shape index (κ3) is 2.55. The van der Waals surface area contributed by atoms with Crippen LogP contribution in [0.4, 0.5) is 5.69 Å². The van der Waals surface area contributed by atoms with Crippen molar-refractivity contribution in [1.29, 1.82) is 0 Å². The van der Waals surface area contributed by atoms with Gasteiger partial charge in [-0.25, -0.2) is 0 Å². The topological polar surface area (TPSA) is 33.5 Å². The number of nitrogens with zero attached hydrogens (tertiary/aromatic N) is 1. The minimum absolute atomic E-state index is 0.0177. The maximum atomic E-state index is 12.4. The van der Waals surface area contributed by atoms with Crippen molar-refractivity contribution in [3.63, 3.8) is 0 Å². The van der Waals surface area contributed by atoms with E-state index in [9.17, 15) is 4.79 Å². The van der Waals surface area contributed by atoms with Crippen LogP contribution in [0.5, 0.6) is 0 Å². The van der Waals surface area contributed by atoms with Crippen LogP contribution < -0.4 is 10.3 Å². The Morgan fingerprint density at radius 2 is 1.67 bits per heavy atom. The fourth-order valence-electron chi connectivity index (χ4n) is 2.22. The molecule has 3 nitrogen and oxygen atoms in total. The zero-order valence-electron chi connectivity index (χ0n) is 11.8. The molecule has 3 rings (SSSR count). The van der Waals surface area contributed by atoms with E-state index >= 15 is 0 Å². The van der Waals surface area contributed by atoms with Crippen molar-refractivity contribution in [3.8, 4) is 11.3 Å². The molecule has 0 atom stereocenters. The second-order valence-electron chi connectivity index (χ2n) is 5.01. The molecule has 0 bridgehead atoms. The minimum Gasteiger partial charge on any atom is -0.455 e. The van der Waals surface area contributed by atoms with Crippen LogP contribution in [0.2, 0.25) is 0 Å². The molecule has 3 aromatic rings. The Balaban J connectivity index is 2.20. The van der Waals surface area contributed by atoms with E-state index in [1.54, 1.807) is 6.07 Å². The van der Waals surface area contributed by atoms with Gasteiger partial charge >= 0.3 is 0 Å². The number of para-hydroxylation sites is 1. The average molecular weight is 391 g/mol. The SMILES string of the molecule is CN(C)c1ccc(-c2oc3ccccc3c(=O)c2I)cc1. The van der Waals surface area contributed by atoms with Gasteiger partial charge in [-0.2, -0.15) is 0 Å². The molecule has 0 unspecified atom stereocenters. The van der Waals surface area contributed by atoms with Crippen LogP contribution in [0.1, 0.15) is 0 Å². The van der Waals surface area contributed by atoms with Gasteiger partial charge in [-0.3, -0.25) is 4.79 Å². The lowest BCUT2D eigenvalue weighted by Gasteiger charge is -2.13. The van der Waals surface area contributed by atoms with Gasteiger partial charge < -0.3 is 9.32 Å². The Hall–Kier alpha value is -1.82. The molecule has 1 aromatic heterocycles. The molecule has 4 heteroatoms. The summed E-state index contributed by atoms with van der Waals surface area (Å²) < 4.78 is 6.55. The highest BCUT2D eigenvalue weighted by molar-refractivity contribution is 14.1. The van der Waals surface area contributed by atoms with Crippen molar-refractivity contribution in [2.45, 2.75) is 0 Å². The van der Waals surface area contributed by atoms with E-state index in [1.165, 1.54) is 0 Å². The molecular formula is C17H14INO2. The Morgan fingerprint density at radius 3 is 2.33 bits per heavy atom. The summed E-state index contributed by atoms with van der Waals surface area (Å²) >= 11 is 2.06. The molecule has 0 saturated heterocycles. The zero-order valence-corrected chi connectivity index (χ0v) is 13.9. The van der Waals surface area contributed by atoms with Crippen molar-refractivity contribution >= 4 is 39.2 Å². The van der Waals surface area contributed by atoms with Crippen molar-refractivity contribution in [2.24, 2.45) is 0 Å². The molecule has 2 aromatic carbocycles. The third-order valence-electron chi connectivity index (χ3n) is 3.39. The van der Waals surface area contributed by atoms with Gasteiger partial charge in [-0.05, 0) is 59.0 Å². The van der Waals surface area contributed by atoms with E-state index in [2.05, 4.69) is 22.6 Å². The highest BCUT2D eigenvalue weighted by Gasteiger charge is 2.13. The van der Waals surface area contributed by atoms with Crippen LogP contribution in [0.15, 0.2) is 57.7 Å². The fourth-order valence-corrected chi connectivity index (χ4v) is 2.93. The second-order valence-corrected chi connectivity index (χ2v) is 6.09. The van der Waals surface area contributed by atoms with Crippen LogP contribution in [0.25, 0.3) is 22.3 Å². The summed E-state index contributed by atoms with van der Waals surface area (Å²) in [7, 11) is 3.99. The normalized spacial score (nSPS) is 10.8. The lowest BCUT2D eigenvalue weighted by atomic mass is 10.1. The molecule has 106 valence electrons. The molecular weight excluding hydrogens is 377 g/mol. The standard InChI is InChI=1S/C17H14INO2/c1-19(2)12-9-7-11(8-10-12)17-15(18)16(20)13-5-3-4-6-14(13)21-17/h3-10H,1-2H3. The first-order chi connectivity index (χ1) is 10.1. The van der Waals surface area contributed by atoms with Gasteiger partial charge in [0.25, 0.3) is 0 Å². The summed E-state index contributed by atoms with van der Waals surface area (Å²) in [5, 5.41) is 0.621. The van der Waals surface area contributed by atoms with Gasteiger partial charge in [0.15, 0.2) is 5.76 Å². The lowest BCUT2D eigenvalue weighted by Crippen LogP contribution is -2.09. The molecule has 0 amide bonds. The summed E-state index contributed by atoms with van der Waals surface area (Å²) in [4.78, 5) is 14.5. The number of rotatable bonds is 2. The Labute approximate surface area is 136 Å². The summed E-state index contributed by atoms with van der Waals surface area (Å²) in [6.07, 6.45) is 0. The quantitative estimate of drug-likeness (QED) is 0.616. The summed E-state index contributed by atoms with van der Waals surface area (Å²) in [5.41, 5.74) is 2.66. The van der Waals surface area contributed by atoms with E-state index in [0.717, 1.165) is 11.3 Å². The molecule has 0 radical (unpaired) electrons. The molecule has 21 heavy (non-hydrogen) atoms. The van der Waals surface area contributed by atoms with Crippen molar-refractivity contribution in [2.75, 3.05) is 19.0 Å². The smallest absolute Gasteiger partial charge is 0.206 e. The van der Waals surface area contributed by atoms with Gasteiger partial charge in [0.1, 0.15) is 9.15 Å². The second kappa shape index (κ2) is 5.52. The molecule has 0 aliphatic rings. The number of hydrogen-bond acceptors (Lipinski definition) is 3. The first-order valence-electron chi connectivity index (χ1n) is 6.57. The molecule has 0 aliphatic carbocycles. The first kappa shape index (κ1) is 14.1. The van der Waals surface area contributed by atoms with E-state index < -0.39 is 0 Å². The number of hydrogen-bond donors (Lipinski definition) is 0. The van der Waals surface area contributed by atoms with Crippen LogP contribution in [-0.4, -0.2) is 14.1 Å². The number of benzene rings is 2. The van der Waals surface area contributed by atoms with Gasteiger partial charge in [0.05, 0.1) is 5.39 Å².